The van der Waals surface area contributed by atoms with Crippen LogP contribution in [0.3, 0.4) is 0 Å². The van der Waals surface area contributed by atoms with E-state index in [1.54, 1.807) is 0 Å². The zero-order chi connectivity index (χ0) is 15.1. The molecule has 0 amide bonds. The Hall–Kier alpha value is -1.27. The van der Waals surface area contributed by atoms with Gasteiger partial charge in [-0.1, -0.05) is 31.9 Å². The monoisotopic (exact) mass is 416 g/mol. The first-order valence-electron chi connectivity index (χ1n) is 6.12. The standard InChI is InChI=1S/C15H8Br2F2O2/c16-8-3-7-1-2-21-15(7)10(4-8)14(20)13-11(18)5-9(17)6-12(13)19/h3-6H,1-2H2. The molecule has 0 saturated carbocycles. The number of halogens is 4. The zero-order valence-corrected chi connectivity index (χ0v) is 13.7. The molecule has 0 atom stereocenters. The summed E-state index contributed by atoms with van der Waals surface area (Å²) in [5, 5.41) is 0. The van der Waals surface area contributed by atoms with Gasteiger partial charge in [0, 0.05) is 15.4 Å². The van der Waals surface area contributed by atoms with Gasteiger partial charge in [0.25, 0.3) is 0 Å². The van der Waals surface area contributed by atoms with Gasteiger partial charge in [-0.2, -0.15) is 0 Å². The number of ketones is 1. The molecule has 0 aromatic heterocycles. The van der Waals surface area contributed by atoms with E-state index in [1.165, 1.54) is 6.07 Å². The Labute approximate surface area is 136 Å². The fraction of sp³-hybridized carbons (Fsp3) is 0.133. The molecule has 6 heteroatoms. The fourth-order valence-electron chi connectivity index (χ4n) is 2.33. The summed E-state index contributed by atoms with van der Waals surface area (Å²) in [4.78, 5) is 12.5. The summed E-state index contributed by atoms with van der Waals surface area (Å²) in [6, 6.07) is 5.49. The minimum Gasteiger partial charge on any atom is -0.492 e. The van der Waals surface area contributed by atoms with Crippen LogP contribution in [0.2, 0.25) is 0 Å². The van der Waals surface area contributed by atoms with Crippen molar-refractivity contribution in [2.24, 2.45) is 0 Å². The largest absolute Gasteiger partial charge is 0.492 e. The molecule has 108 valence electrons. The first-order valence-corrected chi connectivity index (χ1v) is 7.70. The fourth-order valence-corrected chi connectivity index (χ4v) is 3.24. The van der Waals surface area contributed by atoms with Crippen LogP contribution >= 0.6 is 31.9 Å². The molecule has 0 fully saturated rings. The van der Waals surface area contributed by atoms with E-state index in [2.05, 4.69) is 31.9 Å². The van der Waals surface area contributed by atoms with Crippen LogP contribution in [-0.4, -0.2) is 12.4 Å². The van der Waals surface area contributed by atoms with E-state index in [9.17, 15) is 13.6 Å². The molecule has 0 spiro atoms. The van der Waals surface area contributed by atoms with Crippen LogP contribution < -0.4 is 4.74 Å². The highest BCUT2D eigenvalue weighted by atomic mass is 79.9. The Morgan fingerprint density at radius 3 is 2.33 bits per heavy atom. The molecule has 2 nitrogen and oxygen atoms in total. The maximum Gasteiger partial charge on any atom is 0.202 e. The molecule has 1 aliphatic rings. The number of rotatable bonds is 2. The Balaban J connectivity index is 2.17. The summed E-state index contributed by atoms with van der Waals surface area (Å²) in [5.41, 5.74) is 0.441. The normalized spacial score (nSPS) is 13.0. The molecule has 1 aliphatic heterocycles. The lowest BCUT2D eigenvalue weighted by Crippen LogP contribution is -2.09. The van der Waals surface area contributed by atoms with Crippen molar-refractivity contribution in [3.8, 4) is 5.75 Å². The third-order valence-electron chi connectivity index (χ3n) is 3.23. The van der Waals surface area contributed by atoms with E-state index in [0.717, 1.165) is 17.7 Å². The maximum absolute atomic E-state index is 14.0. The third-order valence-corrected chi connectivity index (χ3v) is 4.14. The van der Waals surface area contributed by atoms with E-state index in [-0.39, 0.29) is 10.0 Å². The highest BCUT2D eigenvalue weighted by Crippen LogP contribution is 2.35. The zero-order valence-electron chi connectivity index (χ0n) is 10.6. The summed E-state index contributed by atoms with van der Waals surface area (Å²) < 4.78 is 34.3. The number of hydrogen-bond acceptors (Lipinski definition) is 2. The second kappa shape index (κ2) is 5.50. The molecule has 21 heavy (non-hydrogen) atoms. The number of fused-ring (bicyclic) bond motifs is 1. The first-order chi connectivity index (χ1) is 9.97. The predicted octanol–water partition coefficient (Wildman–Crippen LogP) is 4.66. The number of ether oxygens (including phenoxy) is 1. The minimum atomic E-state index is -0.904. The molecule has 0 bridgehead atoms. The van der Waals surface area contributed by atoms with Crippen LogP contribution in [0.1, 0.15) is 21.5 Å². The van der Waals surface area contributed by atoms with E-state index >= 15 is 0 Å². The van der Waals surface area contributed by atoms with E-state index in [4.69, 9.17) is 4.74 Å². The number of carbonyl (C=O) groups excluding carboxylic acids is 1. The Kier molecular flexibility index (Phi) is 3.84. The van der Waals surface area contributed by atoms with Gasteiger partial charge in [-0.15, -0.1) is 0 Å². The highest BCUT2D eigenvalue weighted by molar-refractivity contribution is 9.10. The molecule has 0 aliphatic carbocycles. The van der Waals surface area contributed by atoms with Crippen molar-refractivity contribution in [3.63, 3.8) is 0 Å². The summed E-state index contributed by atoms with van der Waals surface area (Å²) in [6.07, 6.45) is 0.667. The van der Waals surface area contributed by atoms with Crippen molar-refractivity contribution in [1.29, 1.82) is 0 Å². The molecule has 2 aromatic carbocycles. The summed E-state index contributed by atoms with van der Waals surface area (Å²) in [6.45, 7) is 0.456. The average molecular weight is 418 g/mol. The van der Waals surface area contributed by atoms with E-state index in [1.807, 2.05) is 6.07 Å². The molecule has 2 aromatic rings. The van der Waals surface area contributed by atoms with Gasteiger partial charge in [-0.3, -0.25) is 4.79 Å². The van der Waals surface area contributed by atoms with Crippen molar-refractivity contribution in [1.82, 2.24) is 0 Å². The molecular formula is C15H8Br2F2O2. The molecule has 1 heterocycles. The molecule has 0 N–H and O–H groups in total. The van der Waals surface area contributed by atoms with Gasteiger partial charge in [0.05, 0.1) is 17.7 Å². The first kappa shape index (κ1) is 14.7. The van der Waals surface area contributed by atoms with Crippen LogP contribution in [0, 0.1) is 11.6 Å². The minimum absolute atomic E-state index is 0.164. The van der Waals surface area contributed by atoms with E-state index < -0.39 is 23.0 Å². The Morgan fingerprint density at radius 1 is 1.05 bits per heavy atom. The number of hydrogen-bond donors (Lipinski definition) is 0. The van der Waals surface area contributed by atoms with Crippen LogP contribution in [0.5, 0.6) is 5.75 Å². The van der Waals surface area contributed by atoms with Gasteiger partial charge in [0.15, 0.2) is 0 Å². The third kappa shape index (κ3) is 2.62. The number of benzene rings is 2. The molecule has 0 unspecified atom stereocenters. The van der Waals surface area contributed by atoms with Crippen LogP contribution in [0.4, 0.5) is 8.78 Å². The molecule has 0 saturated heterocycles. The smallest absolute Gasteiger partial charge is 0.202 e. The second-order valence-corrected chi connectivity index (χ2v) is 6.44. The van der Waals surface area contributed by atoms with Gasteiger partial charge < -0.3 is 4.74 Å². The Bertz CT molecular complexity index is 737. The van der Waals surface area contributed by atoms with Crippen molar-refractivity contribution in [2.75, 3.05) is 6.61 Å². The molecule has 3 rings (SSSR count). The SMILES string of the molecule is O=C(c1cc(Br)cc2c1OCC2)c1c(F)cc(Br)cc1F. The Morgan fingerprint density at radius 2 is 1.67 bits per heavy atom. The average Bonchev–Trinajstić information content (AvgIpc) is 2.84. The van der Waals surface area contributed by atoms with Crippen molar-refractivity contribution in [2.45, 2.75) is 6.42 Å². The quantitative estimate of drug-likeness (QED) is 0.664. The van der Waals surface area contributed by atoms with Crippen LogP contribution in [0.25, 0.3) is 0 Å². The lowest BCUT2D eigenvalue weighted by molar-refractivity contribution is 0.102. The summed E-state index contributed by atoms with van der Waals surface area (Å²) in [7, 11) is 0. The van der Waals surface area contributed by atoms with Crippen molar-refractivity contribution in [3.05, 3.63) is 61.5 Å². The highest BCUT2D eigenvalue weighted by Gasteiger charge is 2.27. The van der Waals surface area contributed by atoms with Crippen LogP contribution in [-0.2, 0) is 6.42 Å². The van der Waals surface area contributed by atoms with Gasteiger partial charge in [0.2, 0.25) is 5.78 Å². The van der Waals surface area contributed by atoms with Gasteiger partial charge in [0.1, 0.15) is 17.4 Å². The van der Waals surface area contributed by atoms with E-state index in [0.29, 0.717) is 23.2 Å². The number of carbonyl (C=O) groups is 1. The van der Waals surface area contributed by atoms with Crippen LogP contribution in [0.15, 0.2) is 33.2 Å². The van der Waals surface area contributed by atoms with Crippen molar-refractivity contribution >= 4 is 37.6 Å². The van der Waals surface area contributed by atoms with Gasteiger partial charge in [-0.25, -0.2) is 8.78 Å². The molecule has 0 radical (unpaired) electrons. The lowest BCUT2D eigenvalue weighted by Gasteiger charge is -2.10. The van der Waals surface area contributed by atoms with Gasteiger partial charge >= 0.3 is 0 Å². The maximum atomic E-state index is 14.0. The molecular weight excluding hydrogens is 410 g/mol. The topological polar surface area (TPSA) is 26.3 Å². The van der Waals surface area contributed by atoms with Crippen molar-refractivity contribution < 1.29 is 18.3 Å². The summed E-state index contributed by atoms with van der Waals surface area (Å²) in [5.74, 6) is -2.13. The second-order valence-electron chi connectivity index (χ2n) is 4.61. The lowest BCUT2D eigenvalue weighted by atomic mass is 9.99. The van der Waals surface area contributed by atoms with Gasteiger partial charge in [-0.05, 0) is 29.8 Å². The predicted molar refractivity (Wildman–Crippen MR) is 80.8 cm³/mol. The summed E-state index contributed by atoms with van der Waals surface area (Å²) >= 11 is 6.29.